The largest absolute Gasteiger partial charge is 0.403 e. The lowest BCUT2D eigenvalue weighted by Crippen LogP contribution is -2.12. The van der Waals surface area contributed by atoms with Crippen LogP contribution in [0.2, 0.25) is 0 Å². The highest BCUT2D eigenvalue weighted by atomic mass is 19.1. The fourth-order valence-electron chi connectivity index (χ4n) is 1.68. The summed E-state index contributed by atoms with van der Waals surface area (Å²) in [7, 11) is 0. The molecule has 0 aliphatic heterocycles. The molecule has 0 aliphatic carbocycles. The molecule has 0 unspecified atom stereocenters. The maximum absolute atomic E-state index is 13.6. The van der Waals surface area contributed by atoms with Crippen molar-refractivity contribution in [3.63, 3.8) is 0 Å². The second-order valence-corrected chi connectivity index (χ2v) is 4.31. The molecule has 1 aromatic carbocycles. The number of rotatable bonds is 3. The van der Waals surface area contributed by atoms with Gasteiger partial charge in [-0.15, -0.1) is 5.10 Å². The zero-order valence-electron chi connectivity index (χ0n) is 11.1. The summed E-state index contributed by atoms with van der Waals surface area (Å²) in [6.07, 6.45) is 0. The van der Waals surface area contributed by atoms with Crippen LogP contribution in [0.25, 0.3) is 11.5 Å². The Kier molecular flexibility index (Phi) is 3.37. The summed E-state index contributed by atoms with van der Waals surface area (Å²) in [5, 5.41) is 13.0. The molecule has 3 rings (SSSR count). The molecule has 3 aromatic rings. The Hall–Kier alpha value is -3.10. The van der Waals surface area contributed by atoms with E-state index in [0.717, 1.165) is 12.1 Å². The molecule has 2 aromatic heterocycles. The standard InChI is InChI=1S/C13H8F2N4O3/c1-6-4-10(19-22-6)11(20)16-13-18-17-12(21-13)8-3-2-7(14)5-9(8)15/h2-5H,1H3,(H,16,18,20). The van der Waals surface area contributed by atoms with Crippen molar-refractivity contribution in [2.24, 2.45) is 0 Å². The molecule has 0 bridgehead atoms. The number of amides is 1. The maximum atomic E-state index is 13.6. The van der Waals surface area contributed by atoms with Crippen molar-refractivity contribution in [2.75, 3.05) is 5.32 Å². The first-order valence-corrected chi connectivity index (χ1v) is 6.06. The van der Waals surface area contributed by atoms with E-state index < -0.39 is 17.5 Å². The fourth-order valence-corrected chi connectivity index (χ4v) is 1.68. The van der Waals surface area contributed by atoms with Gasteiger partial charge in [0, 0.05) is 12.1 Å². The second kappa shape index (κ2) is 5.35. The van der Waals surface area contributed by atoms with Crippen LogP contribution in [-0.2, 0) is 0 Å². The number of hydrogen-bond acceptors (Lipinski definition) is 6. The summed E-state index contributed by atoms with van der Waals surface area (Å²) >= 11 is 0. The predicted octanol–water partition coefficient (Wildman–Crippen LogP) is 2.56. The van der Waals surface area contributed by atoms with Crippen LogP contribution in [0.15, 0.2) is 33.2 Å². The van der Waals surface area contributed by atoms with Crippen LogP contribution in [0.3, 0.4) is 0 Å². The summed E-state index contributed by atoms with van der Waals surface area (Å²) < 4.78 is 36.3. The number of nitrogens with one attached hydrogen (secondary N) is 1. The molecule has 22 heavy (non-hydrogen) atoms. The Morgan fingerprint density at radius 3 is 2.73 bits per heavy atom. The highest BCUT2D eigenvalue weighted by molar-refractivity contribution is 6.01. The van der Waals surface area contributed by atoms with Gasteiger partial charge in [0.25, 0.3) is 11.8 Å². The SMILES string of the molecule is Cc1cc(C(=O)Nc2nnc(-c3ccc(F)cc3F)o2)no1. The van der Waals surface area contributed by atoms with Gasteiger partial charge in [0.05, 0.1) is 5.56 Å². The molecule has 0 saturated carbocycles. The predicted molar refractivity (Wildman–Crippen MR) is 68.8 cm³/mol. The summed E-state index contributed by atoms with van der Waals surface area (Å²) in [6.45, 7) is 1.63. The Balaban J connectivity index is 1.80. The smallest absolute Gasteiger partial charge is 0.322 e. The number of carbonyl (C=O) groups is 1. The van der Waals surface area contributed by atoms with E-state index in [1.54, 1.807) is 6.92 Å². The maximum Gasteiger partial charge on any atom is 0.322 e. The lowest BCUT2D eigenvalue weighted by Gasteiger charge is -1.97. The molecule has 0 atom stereocenters. The van der Waals surface area contributed by atoms with E-state index in [1.807, 2.05) is 0 Å². The topological polar surface area (TPSA) is 94.1 Å². The van der Waals surface area contributed by atoms with Crippen molar-refractivity contribution in [1.29, 1.82) is 0 Å². The minimum Gasteiger partial charge on any atom is -0.403 e. The molecule has 1 N–H and O–H groups in total. The molecule has 112 valence electrons. The van der Waals surface area contributed by atoms with Crippen LogP contribution in [0, 0.1) is 18.6 Å². The first-order chi connectivity index (χ1) is 10.5. The number of halogens is 2. The number of carbonyl (C=O) groups excluding carboxylic acids is 1. The van der Waals surface area contributed by atoms with E-state index in [9.17, 15) is 13.6 Å². The van der Waals surface area contributed by atoms with Crippen LogP contribution in [-0.4, -0.2) is 21.3 Å². The van der Waals surface area contributed by atoms with Crippen molar-refractivity contribution in [3.05, 3.63) is 47.4 Å². The van der Waals surface area contributed by atoms with E-state index in [1.165, 1.54) is 6.07 Å². The number of aromatic nitrogens is 3. The molecule has 0 spiro atoms. The van der Waals surface area contributed by atoms with Crippen molar-refractivity contribution in [1.82, 2.24) is 15.4 Å². The second-order valence-electron chi connectivity index (χ2n) is 4.31. The first-order valence-electron chi connectivity index (χ1n) is 6.06. The Morgan fingerprint density at radius 2 is 2.05 bits per heavy atom. The molecule has 0 aliphatic rings. The summed E-state index contributed by atoms with van der Waals surface area (Å²) in [5.41, 5.74) is -0.0445. The van der Waals surface area contributed by atoms with Crippen LogP contribution >= 0.6 is 0 Å². The highest BCUT2D eigenvalue weighted by Crippen LogP contribution is 2.23. The molecular weight excluding hydrogens is 298 g/mol. The Labute approximate surface area is 121 Å². The summed E-state index contributed by atoms with van der Waals surface area (Å²) in [5.74, 6) is -1.93. The molecular formula is C13H8F2N4O3. The third-order valence-corrected chi connectivity index (χ3v) is 2.67. The lowest BCUT2D eigenvalue weighted by molar-refractivity contribution is 0.101. The van der Waals surface area contributed by atoms with Gasteiger partial charge in [-0.25, -0.2) is 8.78 Å². The quantitative estimate of drug-likeness (QED) is 0.799. The number of hydrogen-bond donors (Lipinski definition) is 1. The van der Waals surface area contributed by atoms with Crippen LogP contribution < -0.4 is 5.32 Å². The third-order valence-electron chi connectivity index (χ3n) is 2.67. The van der Waals surface area contributed by atoms with Gasteiger partial charge in [0.2, 0.25) is 0 Å². The average Bonchev–Trinajstić information content (AvgIpc) is 3.08. The van der Waals surface area contributed by atoms with Gasteiger partial charge >= 0.3 is 6.01 Å². The van der Waals surface area contributed by atoms with E-state index in [2.05, 4.69) is 20.7 Å². The van der Waals surface area contributed by atoms with E-state index in [0.29, 0.717) is 11.8 Å². The molecule has 0 saturated heterocycles. The molecule has 9 heteroatoms. The number of anilines is 1. The van der Waals surface area contributed by atoms with Gasteiger partial charge in [-0.3, -0.25) is 10.1 Å². The molecule has 7 nitrogen and oxygen atoms in total. The Morgan fingerprint density at radius 1 is 1.23 bits per heavy atom. The molecule has 1 amide bonds. The van der Waals surface area contributed by atoms with Gasteiger partial charge in [-0.2, -0.15) is 0 Å². The molecule has 0 fully saturated rings. The van der Waals surface area contributed by atoms with Gasteiger partial charge < -0.3 is 8.94 Å². The third kappa shape index (κ3) is 2.68. The van der Waals surface area contributed by atoms with Gasteiger partial charge in [0.15, 0.2) is 5.69 Å². The number of aryl methyl sites for hydroxylation is 1. The van der Waals surface area contributed by atoms with Crippen LogP contribution in [0.4, 0.5) is 14.8 Å². The van der Waals surface area contributed by atoms with Gasteiger partial charge in [-0.05, 0) is 19.1 Å². The minimum absolute atomic E-state index is 0.0326. The average molecular weight is 306 g/mol. The zero-order valence-corrected chi connectivity index (χ0v) is 11.1. The zero-order chi connectivity index (χ0) is 15.7. The minimum atomic E-state index is -0.853. The van der Waals surface area contributed by atoms with Gasteiger partial charge in [-0.1, -0.05) is 10.3 Å². The van der Waals surface area contributed by atoms with E-state index in [4.69, 9.17) is 8.94 Å². The van der Waals surface area contributed by atoms with Crippen molar-refractivity contribution >= 4 is 11.9 Å². The molecule has 0 radical (unpaired) electrons. The number of nitrogens with zero attached hydrogens (tertiary/aromatic N) is 3. The monoisotopic (exact) mass is 306 g/mol. The van der Waals surface area contributed by atoms with Crippen molar-refractivity contribution < 1.29 is 22.5 Å². The van der Waals surface area contributed by atoms with Crippen LogP contribution in [0.5, 0.6) is 0 Å². The lowest BCUT2D eigenvalue weighted by atomic mass is 10.2. The van der Waals surface area contributed by atoms with E-state index >= 15 is 0 Å². The van der Waals surface area contributed by atoms with Crippen molar-refractivity contribution in [3.8, 4) is 11.5 Å². The highest BCUT2D eigenvalue weighted by Gasteiger charge is 2.17. The normalized spacial score (nSPS) is 10.7. The first kappa shape index (κ1) is 13.9. The van der Waals surface area contributed by atoms with E-state index in [-0.39, 0.29) is 23.2 Å². The summed E-state index contributed by atoms with van der Waals surface area (Å²) in [6, 6.07) is 4.08. The summed E-state index contributed by atoms with van der Waals surface area (Å²) in [4.78, 5) is 11.8. The molecule has 2 heterocycles. The van der Waals surface area contributed by atoms with Crippen LogP contribution in [0.1, 0.15) is 16.2 Å². The number of benzene rings is 1. The van der Waals surface area contributed by atoms with Crippen molar-refractivity contribution in [2.45, 2.75) is 6.92 Å². The van der Waals surface area contributed by atoms with Gasteiger partial charge in [0.1, 0.15) is 17.4 Å². The fraction of sp³-hybridized carbons (Fsp3) is 0.0769. The Bertz CT molecular complexity index is 843.